The van der Waals surface area contributed by atoms with Gasteiger partial charge in [0.15, 0.2) is 5.82 Å². The van der Waals surface area contributed by atoms with Crippen LogP contribution in [0.2, 0.25) is 0 Å². The van der Waals surface area contributed by atoms with E-state index in [0.29, 0.717) is 0 Å². The maximum absolute atomic E-state index is 12.1. The number of nitrogens with zero attached hydrogens (tertiary/aromatic N) is 2. The first kappa shape index (κ1) is 13.8. The van der Waals surface area contributed by atoms with E-state index in [1.807, 2.05) is 0 Å². The molecule has 10 nitrogen and oxygen atoms in total. The van der Waals surface area contributed by atoms with Crippen molar-refractivity contribution in [1.29, 1.82) is 0 Å². The number of sulfonamides is 1. The number of hydrogen-bond donors (Lipinski definition) is 3. The van der Waals surface area contributed by atoms with Gasteiger partial charge in [0.25, 0.3) is 15.7 Å². The summed E-state index contributed by atoms with van der Waals surface area (Å²) in [4.78, 5) is 9.72. The Morgan fingerprint density at radius 3 is 2.65 bits per heavy atom. The second-order valence-electron chi connectivity index (χ2n) is 3.57. The molecule has 0 saturated carbocycles. The van der Waals surface area contributed by atoms with Crippen molar-refractivity contribution in [1.82, 2.24) is 5.16 Å². The van der Waals surface area contributed by atoms with Crippen LogP contribution in [0.25, 0.3) is 0 Å². The van der Waals surface area contributed by atoms with Crippen LogP contribution in [-0.4, -0.2) is 18.5 Å². The van der Waals surface area contributed by atoms with Gasteiger partial charge in [0, 0.05) is 18.2 Å². The van der Waals surface area contributed by atoms with Crippen LogP contribution in [0.5, 0.6) is 0 Å². The molecule has 0 amide bonds. The summed E-state index contributed by atoms with van der Waals surface area (Å²) in [6.45, 7) is 0. The SMILES string of the molecule is NNc1cc([N+](=O)[O-])ccc1S(=O)(=O)Nc1ccon1. The number of nitro groups is 1. The molecule has 0 aliphatic rings. The number of benzene rings is 1. The number of rotatable bonds is 5. The number of aromatic nitrogens is 1. The molecule has 11 heteroatoms. The fourth-order valence-electron chi connectivity index (χ4n) is 1.44. The molecule has 106 valence electrons. The lowest BCUT2D eigenvalue weighted by Crippen LogP contribution is -2.18. The molecule has 0 spiro atoms. The Hall–Kier alpha value is -2.66. The highest BCUT2D eigenvalue weighted by Gasteiger charge is 2.22. The Bertz CT molecular complexity index is 727. The number of non-ortho nitro benzene ring substituents is 1. The number of nitro benzene ring substituents is 1. The summed E-state index contributed by atoms with van der Waals surface area (Å²) in [7, 11) is -4.01. The second kappa shape index (κ2) is 5.14. The zero-order valence-corrected chi connectivity index (χ0v) is 10.6. The van der Waals surface area contributed by atoms with Crippen LogP contribution in [0.1, 0.15) is 0 Å². The molecule has 2 rings (SSSR count). The largest absolute Gasteiger partial charge is 0.363 e. The zero-order chi connectivity index (χ0) is 14.8. The van der Waals surface area contributed by atoms with E-state index in [2.05, 4.69) is 19.8 Å². The summed E-state index contributed by atoms with van der Waals surface area (Å²) in [6, 6.07) is 4.43. The molecule has 20 heavy (non-hydrogen) atoms. The first-order chi connectivity index (χ1) is 9.44. The molecule has 0 aliphatic heterocycles. The minimum atomic E-state index is -4.01. The van der Waals surface area contributed by atoms with Crippen LogP contribution in [0, 0.1) is 10.1 Å². The average Bonchev–Trinajstić information content (AvgIpc) is 2.89. The van der Waals surface area contributed by atoms with Crippen molar-refractivity contribution in [2.45, 2.75) is 4.90 Å². The van der Waals surface area contributed by atoms with Gasteiger partial charge in [-0.1, -0.05) is 5.16 Å². The molecule has 1 aromatic carbocycles. The molecular formula is C9H9N5O5S. The lowest BCUT2D eigenvalue weighted by Gasteiger charge is -2.09. The van der Waals surface area contributed by atoms with E-state index in [-0.39, 0.29) is 22.1 Å². The Kier molecular flexibility index (Phi) is 3.54. The van der Waals surface area contributed by atoms with Crippen molar-refractivity contribution in [3.63, 3.8) is 0 Å². The van der Waals surface area contributed by atoms with E-state index < -0.39 is 14.9 Å². The molecule has 0 fully saturated rings. The highest BCUT2D eigenvalue weighted by molar-refractivity contribution is 7.92. The Morgan fingerprint density at radius 1 is 1.35 bits per heavy atom. The van der Waals surface area contributed by atoms with E-state index in [4.69, 9.17) is 5.84 Å². The van der Waals surface area contributed by atoms with Crippen molar-refractivity contribution in [3.05, 3.63) is 40.6 Å². The monoisotopic (exact) mass is 299 g/mol. The molecule has 0 atom stereocenters. The van der Waals surface area contributed by atoms with E-state index in [1.165, 1.54) is 12.3 Å². The van der Waals surface area contributed by atoms with Crippen molar-refractivity contribution < 1.29 is 17.9 Å². The summed E-state index contributed by atoms with van der Waals surface area (Å²) in [5.74, 6) is 5.17. The highest BCUT2D eigenvalue weighted by atomic mass is 32.2. The van der Waals surface area contributed by atoms with E-state index in [1.54, 1.807) is 0 Å². The molecule has 0 saturated heterocycles. The number of nitrogens with one attached hydrogen (secondary N) is 2. The predicted octanol–water partition coefficient (Wildman–Crippen LogP) is 0.669. The van der Waals surface area contributed by atoms with Crippen LogP contribution in [0.15, 0.2) is 39.9 Å². The third kappa shape index (κ3) is 2.67. The fourth-order valence-corrected chi connectivity index (χ4v) is 2.58. The van der Waals surface area contributed by atoms with Crippen LogP contribution >= 0.6 is 0 Å². The van der Waals surface area contributed by atoms with Crippen molar-refractivity contribution in [3.8, 4) is 0 Å². The molecular weight excluding hydrogens is 290 g/mol. The van der Waals surface area contributed by atoms with Gasteiger partial charge in [-0.25, -0.2) is 8.42 Å². The summed E-state index contributed by atoms with van der Waals surface area (Å²) in [6.07, 6.45) is 1.19. The molecule has 2 aromatic rings. The molecule has 0 unspecified atom stereocenters. The van der Waals surface area contributed by atoms with Gasteiger partial charge >= 0.3 is 0 Å². The Balaban J connectivity index is 2.43. The van der Waals surface area contributed by atoms with Gasteiger partial charge in [0.05, 0.1) is 10.6 Å². The lowest BCUT2D eigenvalue weighted by molar-refractivity contribution is -0.384. The molecule has 1 aromatic heterocycles. The zero-order valence-electron chi connectivity index (χ0n) is 9.81. The van der Waals surface area contributed by atoms with Gasteiger partial charge in [-0.2, -0.15) is 0 Å². The van der Waals surface area contributed by atoms with E-state index in [9.17, 15) is 18.5 Å². The standard InChI is InChI=1S/C9H9N5O5S/c10-11-7-5-6(14(15)16)1-2-8(7)20(17,18)13-9-3-4-19-12-9/h1-5,11H,10H2,(H,12,13). The third-order valence-corrected chi connectivity index (χ3v) is 3.71. The summed E-state index contributed by atoms with van der Waals surface area (Å²) >= 11 is 0. The Morgan fingerprint density at radius 2 is 2.10 bits per heavy atom. The van der Waals surface area contributed by atoms with Crippen molar-refractivity contribution in [2.75, 3.05) is 10.1 Å². The minimum Gasteiger partial charge on any atom is -0.363 e. The van der Waals surface area contributed by atoms with Gasteiger partial charge in [-0.15, -0.1) is 0 Å². The number of hydrazine groups is 1. The van der Waals surface area contributed by atoms with Gasteiger partial charge < -0.3 is 9.95 Å². The van der Waals surface area contributed by atoms with Crippen LogP contribution in [0.4, 0.5) is 17.2 Å². The maximum atomic E-state index is 12.1. The molecule has 0 radical (unpaired) electrons. The van der Waals surface area contributed by atoms with Gasteiger partial charge in [-0.05, 0) is 6.07 Å². The quantitative estimate of drug-likeness (QED) is 0.413. The fraction of sp³-hybridized carbons (Fsp3) is 0. The number of nitrogen functional groups attached to an aromatic ring is 1. The third-order valence-electron chi connectivity index (χ3n) is 2.30. The maximum Gasteiger partial charge on any atom is 0.271 e. The second-order valence-corrected chi connectivity index (χ2v) is 5.22. The number of nitrogens with two attached hydrogens (primary N) is 1. The lowest BCUT2D eigenvalue weighted by atomic mass is 10.3. The van der Waals surface area contributed by atoms with Crippen LogP contribution < -0.4 is 16.0 Å². The summed E-state index contributed by atoms with van der Waals surface area (Å²) in [5, 5.41) is 14.0. The molecule has 0 aliphatic carbocycles. The average molecular weight is 299 g/mol. The molecule has 1 heterocycles. The normalized spacial score (nSPS) is 11.1. The topological polar surface area (TPSA) is 153 Å². The van der Waals surface area contributed by atoms with Crippen molar-refractivity contribution in [2.24, 2.45) is 5.84 Å². The molecule has 0 bridgehead atoms. The van der Waals surface area contributed by atoms with Crippen LogP contribution in [-0.2, 0) is 10.0 Å². The number of hydrogen-bond acceptors (Lipinski definition) is 8. The minimum absolute atomic E-state index is 0.0219. The van der Waals surface area contributed by atoms with Crippen LogP contribution in [0.3, 0.4) is 0 Å². The van der Waals surface area contributed by atoms with Gasteiger partial charge in [0.2, 0.25) is 0 Å². The van der Waals surface area contributed by atoms with Gasteiger partial charge in [0.1, 0.15) is 11.2 Å². The van der Waals surface area contributed by atoms with E-state index in [0.717, 1.165) is 18.2 Å². The number of anilines is 2. The summed E-state index contributed by atoms with van der Waals surface area (Å²) in [5.41, 5.74) is 1.70. The Labute approximate surface area is 112 Å². The first-order valence-electron chi connectivity index (χ1n) is 5.12. The summed E-state index contributed by atoms with van der Waals surface area (Å²) < 4.78 is 30.8. The molecule has 4 N–H and O–H groups in total. The van der Waals surface area contributed by atoms with E-state index >= 15 is 0 Å². The highest BCUT2D eigenvalue weighted by Crippen LogP contribution is 2.27. The van der Waals surface area contributed by atoms with Crippen molar-refractivity contribution >= 4 is 27.2 Å². The van der Waals surface area contributed by atoms with Gasteiger partial charge in [-0.3, -0.25) is 20.7 Å². The smallest absolute Gasteiger partial charge is 0.271 e. The first-order valence-corrected chi connectivity index (χ1v) is 6.60. The predicted molar refractivity (Wildman–Crippen MR) is 68.2 cm³/mol.